The Balaban J connectivity index is 1.14. The van der Waals surface area contributed by atoms with Crippen molar-refractivity contribution in [1.82, 2.24) is 20.2 Å². The van der Waals surface area contributed by atoms with Crippen LogP contribution in [-0.4, -0.2) is 77.3 Å². The lowest BCUT2D eigenvalue weighted by Crippen LogP contribution is -2.51. The van der Waals surface area contributed by atoms with E-state index in [-0.39, 0.29) is 46.4 Å². The fraction of sp³-hybridized carbons (Fsp3) is 0.550. The molecule has 4 aromatic rings. The molecule has 270 valence electrons. The van der Waals surface area contributed by atoms with Crippen LogP contribution in [0.4, 0.5) is 23.4 Å². The molecule has 3 aliphatic heterocycles. The van der Waals surface area contributed by atoms with Gasteiger partial charge in [-0.1, -0.05) is 26.8 Å². The predicted molar refractivity (Wildman–Crippen MR) is 190 cm³/mol. The first-order chi connectivity index (χ1) is 24.4. The standard InChI is InChI=1S/C40H45F4N5O2/c1-4-27-31(41)8-5-23-13-26(50)14-29(32(23)27)33-28(22(2)3)15-30-35(34(33)42)46-37(47-36(30)49-16-24-6-7-25(17-49)45-24)51-21-38(9-10-38)19-48-12-11-39(20-48)18-40(39,43)44/h5,8,13-15,22,24-25,45,50H,4,6-7,9-12,16-21H2,1-3H3. The van der Waals surface area contributed by atoms with E-state index in [2.05, 4.69) is 15.1 Å². The van der Waals surface area contributed by atoms with Crippen molar-refractivity contribution in [3.05, 3.63) is 53.1 Å². The van der Waals surface area contributed by atoms with E-state index in [0.29, 0.717) is 84.3 Å². The molecule has 3 atom stereocenters. The number of aromatic hydroxyl groups is 1. The maximum absolute atomic E-state index is 17.5. The molecule has 9 rings (SSSR count). The van der Waals surface area contributed by atoms with Gasteiger partial charge in [-0.25, -0.2) is 17.6 Å². The van der Waals surface area contributed by atoms with Gasteiger partial charge in [0.2, 0.25) is 0 Å². The lowest BCUT2D eigenvalue weighted by Gasteiger charge is -2.34. The number of hydrogen-bond acceptors (Lipinski definition) is 7. The van der Waals surface area contributed by atoms with Crippen LogP contribution in [0.2, 0.25) is 0 Å². The Kier molecular flexibility index (Phi) is 7.58. The molecule has 0 radical (unpaired) electrons. The molecule has 1 aromatic heterocycles. The van der Waals surface area contributed by atoms with E-state index in [1.807, 2.05) is 26.8 Å². The van der Waals surface area contributed by atoms with E-state index < -0.39 is 17.2 Å². The number of halogens is 4. The summed E-state index contributed by atoms with van der Waals surface area (Å²) in [6.45, 7) is 9.41. The molecule has 1 spiro atoms. The number of piperazine rings is 1. The molecule has 2 N–H and O–H groups in total. The summed E-state index contributed by atoms with van der Waals surface area (Å²) < 4.78 is 67.4. The van der Waals surface area contributed by atoms with Crippen molar-refractivity contribution >= 4 is 27.5 Å². The van der Waals surface area contributed by atoms with Gasteiger partial charge < -0.3 is 25.0 Å². The number of rotatable bonds is 9. The molecule has 2 saturated carbocycles. The van der Waals surface area contributed by atoms with Gasteiger partial charge in [0.1, 0.15) is 22.9 Å². The number of aryl methyl sites for hydroxylation is 1. The number of alkyl halides is 2. The largest absolute Gasteiger partial charge is 0.508 e. The van der Waals surface area contributed by atoms with E-state index >= 15 is 8.78 Å². The Bertz CT molecular complexity index is 2060. The van der Waals surface area contributed by atoms with Crippen molar-refractivity contribution in [3.8, 4) is 22.9 Å². The first-order valence-electron chi connectivity index (χ1n) is 18.6. The first kappa shape index (κ1) is 33.2. The third kappa shape index (κ3) is 5.52. The van der Waals surface area contributed by atoms with E-state index in [4.69, 9.17) is 14.7 Å². The lowest BCUT2D eigenvalue weighted by atomic mass is 9.86. The summed E-state index contributed by atoms with van der Waals surface area (Å²) >= 11 is 0. The topological polar surface area (TPSA) is 73.8 Å². The quantitative estimate of drug-likeness (QED) is 0.172. The van der Waals surface area contributed by atoms with Crippen LogP contribution in [0, 0.1) is 22.5 Å². The van der Waals surface area contributed by atoms with Gasteiger partial charge in [-0.15, -0.1) is 0 Å². The highest BCUT2D eigenvalue weighted by molar-refractivity contribution is 6.04. The number of anilines is 1. The van der Waals surface area contributed by atoms with Crippen LogP contribution < -0.4 is 15.0 Å². The molecule has 3 unspecified atom stereocenters. The highest BCUT2D eigenvalue weighted by atomic mass is 19.3. The number of nitrogens with one attached hydrogen (secondary N) is 1. The number of fused-ring (bicyclic) bond motifs is 4. The summed E-state index contributed by atoms with van der Waals surface area (Å²) in [5.41, 5.74) is 0.989. The van der Waals surface area contributed by atoms with Crippen molar-refractivity contribution in [1.29, 1.82) is 0 Å². The number of likely N-dealkylation sites (tertiary alicyclic amines) is 1. The predicted octanol–water partition coefficient (Wildman–Crippen LogP) is 7.95. The van der Waals surface area contributed by atoms with Crippen molar-refractivity contribution in [2.45, 2.75) is 89.6 Å². The second-order valence-electron chi connectivity index (χ2n) is 16.5. The molecule has 2 bridgehead atoms. The van der Waals surface area contributed by atoms with Gasteiger partial charge in [0.15, 0.2) is 5.82 Å². The molecule has 3 saturated heterocycles. The molecular weight excluding hydrogens is 658 g/mol. The monoisotopic (exact) mass is 703 g/mol. The van der Waals surface area contributed by atoms with Gasteiger partial charge in [0.05, 0.1) is 12.0 Å². The van der Waals surface area contributed by atoms with Crippen molar-refractivity contribution in [3.63, 3.8) is 0 Å². The van der Waals surface area contributed by atoms with Gasteiger partial charge in [0, 0.05) is 61.0 Å². The minimum atomic E-state index is -2.55. The highest BCUT2D eigenvalue weighted by Crippen LogP contribution is 2.65. The van der Waals surface area contributed by atoms with Crippen molar-refractivity contribution in [2.24, 2.45) is 10.8 Å². The summed E-state index contributed by atoms with van der Waals surface area (Å²) in [6, 6.07) is 8.81. The van der Waals surface area contributed by atoms with Gasteiger partial charge in [0.25, 0.3) is 5.92 Å². The normalized spacial score (nSPS) is 26.2. The zero-order chi connectivity index (χ0) is 35.4. The molecule has 3 aromatic carbocycles. The Labute approximate surface area is 295 Å². The van der Waals surface area contributed by atoms with Crippen LogP contribution >= 0.6 is 0 Å². The second kappa shape index (κ2) is 11.7. The number of aromatic nitrogens is 2. The molecule has 2 aliphatic carbocycles. The summed E-state index contributed by atoms with van der Waals surface area (Å²) in [5, 5.41) is 16.3. The van der Waals surface area contributed by atoms with Crippen molar-refractivity contribution in [2.75, 3.05) is 44.2 Å². The number of phenols is 1. The maximum atomic E-state index is 17.5. The van der Waals surface area contributed by atoms with Crippen LogP contribution in [0.3, 0.4) is 0 Å². The third-order valence-corrected chi connectivity index (χ3v) is 12.5. The number of benzene rings is 3. The molecule has 0 amide bonds. The Hall–Kier alpha value is -3.70. The van der Waals surface area contributed by atoms with E-state index in [1.54, 1.807) is 12.1 Å². The Morgan fingerprint density at radius 1 is 1.04 bits per heavy atom. The Morgan fingerprint density at radius 3 is 2.43 bits per heavy atom. The van der Waals surface area contributed by atoms with Gasteiger partial charge >= 0.3 is 6.01 Å². The zero-order valence-corrected chi connectivity index (χ0v) is 29.5. The summed E-state index contributed by atoms with van der Waals surface area (Å²) in [5.74, 6) is -3.01. The smallest absolute Gasteiger partial charge is 0.319 e. The average molecular weight is 704 g/mol. The van der Waals surface area contributed by atoms with E-state index in [9.17, 15) is 13.9 Å². The summed E-state index contributed by atoms with van der Waals surface area (Å²) in [4.78, 5) is 14.1. The fourth-order valence-corrected chi connectivity index (χ4v) is 9.39. The van der Waals surface area contributed by atoms with Crippen LogP contribution in [0.15, 0.2) is 30.3 Å². The number of ether oxygens (including phenoxy) is 1. The number of nitrogens with zero attached hydrogens (tertiary/aromatic N) is 4. The van der Waals surface area contributed by atoms with Gasteiger partial charge in [-0.2, -0.15) is 9.97 Å². The van der Waals surface area contributed by atoms with E-state index in [1.165, 1.54) is 12.1 Å². The van der Waals surface area contributed by atoms with Gasteiger partial charge in [-0.3, -0.25) is 0 Å². The van der Waals surface area contributed by atoms with E-state index in [0.717, 1.165) is 44.3 Å². The van der Waals surface area contributed by atoms with Crippen LogP contribution in [0.25, 0.3) is 32.8 Å². The highest BCUT2D eigenvalue weighted by Gasteiger charge is 2.72. The minimum Gasteiger partial charge on any atom is -0.508 e. The summed E-state index contributed by atoms with van der Waals surface area (Å²) in [6.07, 6.45) is 4.89. The molecule has 5 aliphatic rings. The number of hydrogen-bond donors (Lipinski definition) is 2. The van der Waals surface area contributed by atoms with Gasteiger partial charge in [-0.05, 0) is 103 Å². The zero-order valence-electron chi connectivity index (χ0n) is 29.5. The molecule has 5 fully saturated rings. The number of phenolic OH excluding ortho intramolecular Hbond substituents is 1. The average Bonchev–Trinajstić information content (AvgIpc) is 3.85. The second-order valence-corrected chi connectivity index (χ2v) is 16.5. The molecule has 7 nitrogen and oxygen atoms in total. The maximum Gasteiger partial charge on any atom is 0.319 e. The molecule has 4 heterocycles. The van der Waals surface area contributed by atoms with Crippen LogP contribution in [0.1, 0.15) is 76.3 Å². The molecule has 11 heteroatoms. The van der Waals surface area contributed by atoms with Crippen LogP contribution in [0.5, 0.6) is 11.8 Å². The molecule has 51 heavy (non-hydrogen) atoms. The first-order valence-corrected chi connectivity index (χ1v) is 18.6. The Morgan fingerprint density at radius 2 is 1.78 bits per heavy atom. The lowest BCUT2D eigenvalue weighted by molar-refractivity contribution is 0.0644. The van der Waals surface area contributed by atoms with Crippen LogP contribution in [-0.2, 0) is 6.42 Å². The van der Waals surface area contributed by atoms with Crippen molar-refractivity contribution < 1.29 is 27.4 Å². The molecular formula is C40H45F4N5O2. The SMILES string of the molecule is CCc1c(F)ccc2cc(O)cc(-c3c(C(C)C)cc4c(N5CC6CCC(C5)N6)nc(OCC5(CN6CCC7(C6)CC7(F)F)CC5)nc4c3F)c12. The minimum absolute atomic E-state index is 0.0133. The third-order valence-electron chi connectivity index (χ3n) is 12.5. The fourth-order valence-electron chi connectivity index (χ4n) is 9.39. The summed E-state index contributed by atoms with van der Waals surface area (Å²) in [7, 11) is 0.